The van der Waals surface area contributed by atoms with Crippen LogP contribution >= 0.6 is 0 Å². The maximum absolute atomic E-state index is 12.4. The van der Waals surface area contributed by atoms with Gasteiger partial charge < -0.3 is 9.72 Å². The van der Waals surface area contributed by atoms with Crippen molar-refractivity contribution in [3.05, 3.63) is 47.3 Å². The van der Waals surface area contributed by atoms with Crippen molar-refractivity contribution in [1.82, 2.24) is 4.98 Å². The summed E-state index contributed by atoms with van der Waals surface area (Å²) in [5.74, 6) is -0.786. The van der Waals surface area contributed by atoms with Crippen LogP contribution in [0, 0.1) is 0 Å². The average molecular weight is 271 g/mol. The molecule has 0 saturated heterocycles. The van der Waals surface area contributed by atoms with Crippen molar-refractivity contribution in [3.63, 3.8) is 0 Å². The molecule has 0 saturated carbocycles. The smallest absolute Gasteiger partial charge is 0.417 e. The number of carbonyl (C=O) groups is 1. The second kappa shape index (κ2) is 5.34. The molecule has 2 rings (SSSR count). The molecular formula is C13H12F3NO2. The molecule has 19 heavy (non-hydrogen) atoms. The normalized spacial score (nSPS) is 15.2. The molecular weight excluding hydrogens is 259 g/mol. The van der Waals surface area contributed by atoms with Gasteiger partial charge in [-0.3, -0.25) is 0 Å². The first kappa shape index (κ1) is 13.5. The predicted octanol–water partition coefficient (Wildman–Crippen LogP) is 3.47. The third-order valence-corrected chi connectivity index (χ3v) is 2.72. The van der Waals surface area contributed by atoms with E-state index in [4.69, 9.17) is 4.74 Å². The topological polar surface area (TPSA) is 42.1 Å². The zero-order valence-electron chi connectivity index (χ0n) is 9.96. The number of carbonyl (C=O) groups excluding carboxylic acids is 1. The van der Waals surface area contributed by atoms with Gasteiger partial charge in [-0.15, -0.1) is 0 Å². The molecule has 1 N–H and O–H groups in total. The highest BCUT2D eigenvalue weighted by Crippen LogP contribution is 2.29. The maximum Gasteiger partial charge on any atom is 0.417 e. The Morgan fingerprint density at radius 3 is 2.79 bits per heavy atom. The lowest BCUT2D eigenvalue weighted by molar-refractivity contribution is -0.137. The third-order valence-electron chi connectivity index (χ3n) is 2.72. The second-order valence-electron chi connectivity index (χ2n) is 4.17. The number of halogens is 3. The lowest BCUT2D eigenvalue weighted by atomic mass is 10.1. The molecule has 0 aliphatic heterocycles. The van der Waals surface area contributed by atoms with E-state index in [1.165, 1.54) is 0 Å². The van der Waals surface area contributed by atoms with E-state index in [1.807, 2.05) is 18.2 Å². The van der Waals surface area contributed by atoms with Crippen LogP contribution in [0.1, 0.15) is 28.9 Å². The van der Waals surface area contributed by atoms with Crippen molar-refractivity contribution in [2.75, 3.05) is 6.61 Å². The molecule has 0 atom stereocenters. The molecule has 1 aliphatic carbocycles. The summed E-state index contributed by atoms with van der Waals surface area (Å²) in [6, 6.07) is 0.748. The Morgan fingerprint density at radius 1 is 1.42 bits per heavy atom. The Morgan fingerprint density at radius 2 is 2.21 bits per heavy atom. The Bertz CT molecular complexity index is 526. The van der Waals surface area contributed by atoms with Gasteiger partial charge in [-0.2, -0.15) is 13.2 Å². The standard InChI is InChI=1S/C13H12F3NO2/c14-13(15,16)10-6-11(17-7-10)12(18)19-8-9-4-2-1-3-5-9/h1-2,4,6-7,17H,3,5,8H2. The second-order valence-corrected chi connectivity index (χ2v) is 4.17. The quantitative estimate of drug-likeness (QED) is 0.855. The minimum atomic E-state index is -4.47. The number of esters is 1. The highest BCUT2D eigenvalue weighted by Gasteiger charge is 2.32. The number of aromatic amines is 1. The molecule has 1 heterocycles. The molecule has 3 nitrogen and oxygen atoms in total. The van der Waals surface area contributed by atoms with Crippen LogP contribution in [-0.4, -0.2) is 17.6 Å². The SMILES string of the molecule is O=C(OCC1=CC=CCC1)c1cc(C(F)(F)F)c[nH]1. The molecule has 0 fully saturated rings. The van der Waals surface area contributed by atoms with Crippen molar-refractivity contribution in [2.45, 2.75) is 19.0 Å². The zero-order chi connectivity index (χ0) is 13.9. The van der Waals surface area contributed by atoms with E-state index in [0.717, 1.165) is 30.7 Å². The fraction of sp³-hybridized carbons (Fsp3) is 0.308. The Labute approximate surface area is 107 Å². The number of H-pyrrole nitrogens is 1. The Balaban J connectivity index is 1.95. The van der Waals surface area contributed by atoms with E-state index in [1.54, 1.807) is 0 Å². The molecule has 0 unspecified atom stereocenters. The number of nitrogens with one attached hydrogen (secondary N) is 1. The van der Waals surface area contributed by atoms with Gasteiger partial charge in [0.25, 0.3) is 0 Å². The van der Waals surface area contributed by atoms with Crippen molar-refractivity contribution in [2.24, 2.45) is 0 Å². The molecule has 6 heteroatoms. The Hall–Kier alpha value is -1.98. The van der Waals surface area contributed by atoms with E-state index >= 15 is 0 Å². The van der Waals surface area contributed by atoms with E-state index in [-0.39, 0.29) is 12.3 Å². The van der Waals surface area contributed by atoms with Crippen LogP contribution in [0.3, 0.4) is 0 Å². The number of alkyl halides is 3. The highest BCUT2D eigenvalue weighted by molar-refractivity contribution is 5.87. The van der Waals surface area contributed by atoms with Gasteiger partial charge >= 0.3 is 12.1 Å². The lowest BCUT2D eigenvalue weighted by Crippen LogP contribution is -2.09. The first-order valence-corrected chi connectivity index (χ1v) is 5.74. The summed E-state index contributed by atoms with van der Waals surface area (Å²) in [6.07, 6.45) is 3.65. The first-order valence-electron chi connectivity index (χ1n) is 5.74. The van der Waals surface area contributed by atoms with Crippen molar-refractivity contribution in [3.8, 4) is 0 Å². The molecule has 0 amide bonds. The van der Waals surface area contributed by atoms with Crippen LogP contribution in [0.2, 0.25) is 0 Å². The van der Waals surface area contributed by atoms with Crippen LogP contribution in [0.4, 0.5) is 13.2 Å². The van der Waals surface area contributed by atoms with Gasteiger partial charge in [0.05, 0.1) is 5.56 Å². The zero-order valence-corrected chi connectivity index (χ0v) is 9.96. The van der Waals surface area contributed by atoms with Gasteiger partial charge in [-0.05, 0) is 24.5 Å². The average Bonchev–Trinajstić information content (AvgIpc) is 2.87. The van der Waals surface area contributed by atoms with E-state index in [9.17, 15) is 18.0 Å². The molecule has 0 radical (unpaired) electrons. The van der Waals surface area contributed by atoms with Gasteiger partial charge in [-0.25, -0.2) is 4.79 Å². The minimum absolute atomic E-state index is 0.101. The summed E-state index contributed by atoms with van der Waals surface area (Å²) in [7, 11) is 0. The predicted molar refractivity (Wildman–Crippen MR) is 62.5 cm³/mol. The van der Waals surface area contributed by atoms with Gasteiger partial charge in [0.15, 0.2) is 0 Å². The summed E-state index contributed by atoms with van der Waals surface area (Å²) in [5, 5.41) is 0. The number of aromatic nitrogens is 1. The fourth-order valence-corrected chi connectivity index (χ4v) is 1.68. The maximum atomic E-state index is 12.4. The largest absolute Gasteiger partial charge is 0.456 e. The number of hydrogen-bond donors (Lipinski definition) is 1. The van der Waals surface area contributed by atoms with Crippen LogP contribution in [0.5, 0.6) is 0 Å². The summed E-state index contributed by atoms with van der Waals surface area (Å²) >= 11 is 0. The van der Waals surface area contributed by atoms with Crippen molar-refractivity contribution < 1.29 is 22.7 Å². The van der Waals surface area contributed by atoms with Crippen molar-refractivity contribution >= 4 is 5.97 Å². The van der Waals surface area contributed by atoms with Gasteiger partial charge in [0.2, 0.25) is 0 Å². The summed E-state index contributed by atoms with van der Waals surface area (Å²) in [5.41, 5.74) is -0.142. The number of ether oxygens (including phenoxy) is 1. The van der Waals surface area contributed by atoms with Crippen LogP contribution in [-0.2, 0) is 10.9 Å². The van der Waals surface area contributed by atoms with Crippen molar-refractivity contribution in [1.29, 1.82) is 0 Å². The first-order chi connectivity index (χ1) is 8.97. The summed E-state index contributed by atoms with van der Waals surface area (Å²) in [6.45, 7) is 0.101. The lowest BCUT2D eigenvalue weighted by Gasteiger charge is -2.09. The van der Waals surface area contributed by atoms with Gasteiger partial charge in [0.1, 0.15) is 12.3 Å². The monoisotopic (exact) mass is 271 g/mol. The number of rotatable bonds is 3. The molecule has 0 aromatic carbocycles. The highest BCUT2D eigenvalue weighted by atomic mass is 19.4. The van der Waals surface area contributed by atoms with Crippen LogP contribution < -0.4 is 0 Å². The minimum Gasteiger partial charge on any atom is -0.456 e. The summed E-state index contributed by atoms with van der Waals surface area (Å²) in [4.78, 5) is 13.8. The molecule has 102 valence electrons. The number of allylic oxidation sites excluding steroid dienone is 3. The molecule has 1 aromatic rings. The molecule has 1 aliphatic rings. The van der Waals surface area contributed by atoms with Gasteiger partial charge in [0, 0.05) is 6.20 Å². The summed E-state index contributed by atoms with van der Waals surface area (Å²) < 4.78 is 42.0. The van der Waals surface area contributed by atoms with E-state index < -0.39 is 17.7 Å². The molecule has 0 spiro atoms. The molecule has 0 bridgehead atoms. The number of hydrogen-bond acceptors (Lipinski definition) is 2. The third kappa shape index (κ3) is 3.49. The van der Waals surface area contributed by atoms with Gasteiger partial charge in [-0.1, -0.05) is 18.2 Å². The Kier molecular flexibility index (Phi) is 3.78. The van der Waals surface area contributed by atoms with E-state index in [2.05, 4.69) is 4.98 Å². The van der Waals surface area contributed by atoms with Crippen LogP contribution in [0.15, 0.2) is 36.1 Å². The molecule has 1 aromatic heterocycles. The van der Waals surface area contributed by atoms with E-state index in [0.29, 0.717) is 0 Å². The fourth-order valence-electron chi connectivity index (χ4n) is 1.68. The van der Waals surface area contributed by atoms with Crippen LogP contribution in [0.25, 0.3) is 0 Å².